The molecule has 6 rings (SSSR count). The van der Waals surface area contributed by atoms with Crippen molar-refractivity contribution in [1.29, 1.82) is 0 Å². The van der Waals surface area contributed by atoms with E-state index in [1.165, 1.54) is 324 Å². The highest BCUT2D eigenvalue weighted by molar-refractivity contribution is 7.42. The fourth-order valence-corrected chi connectivity index (χ4v) is 18.3. The molecule has 8 heteroatoms. The van der Waals surface area contributed by atoms with Gasteiger partial charge in [-0.1, -0.05) is 259 Å². The van der Waals surface area contributed by atoms with Crippen molar-refractivity contribution in [1.82, 2.24) is 9.97 Å². The second-order valence-electron chi connectivity index (χ2n) is 22.9. The third-order valence-electron chi connectivity index (χ3n) is 16.1. The van der Waals surface area contributed by atoms with Crippen LogP contribution in [0.15, 0.2) is 35.0 Å². The molecule has 424 valence electrons. The minimum atomic E-state index is 0.968. The van der Waals surface area contributed by atoms with E-state index in [1.54, 1.807) is 11.1 Å². The lowest BCUT2D eigenvalue weighted by Crippen LogP contribution is -1.88. The highest BCUT2D eigenvalue weighted by Gasteiger charge is 2.23. The average molecular weight is 1140 g/mol. The molecule has 0 spiro atoms. The summed E-state index contributed by atoms with van der Waals surface area (Å²) >= 11 is 11.8. The van der Waals surface area contributed by atoms with E-state index < -0.39 is 0 Å². The predicted molar refractivity (Wildman–Crippen MR) is 351 cm³/mol. The van der Waals surface area contributed by atoms with Gasteiger partial charge in [0.1, 0.15) is 14.0 Å². The first-order valence-corrected chi connectivity index (χ1v) is 37.3. The Kier molecular flexibility index (Phi) is 33.1. The smallest absolute Gasteiger partial charge is 0.182 e. The number of hydrogen-bond donors (Lipinski definition) is 0. The zero-order valence-electron chi connectivity index (χ0n) is 48.9. The maximum absolute atomic E-state index is 5.45. The van der Waals surface area contributed by atoms with Crippen molar-refractivity contribution >= 4 is 77.7 Å². The molecule has 0 aliphatic heterocycles. The van der Waals surface area contributed by atoms with Crippen LogP contribution < -0.4 is 0 Å². The summed E-state index contributed by atoms with van der Waals surface area (Å²) in [7, 11) is 0. The molecule has 0 unspecified atom stereocenters. The molecule has 0 saturated carbocycles. The lowest BCUT2D eigenvalue weighted by molar-refractivity contribution is 0.556. The number of fused-ring (bicyclic) bond motifs is 1. The summed E-state index contributed by atoms with van der Waals surface area (Å²) in [5.41, 5.74) is 7.13. The normalized spacial score (nSPS) is 11.9. The van der Waals surface area contributed by atoms with Crippen LogP contribution in [0.3, 0.4) is 0 Å². The Hall–Kier alpha value is -1.68. The van der Waals surface area contributed by atoms with Crippen LogP contribution in [0.2, 0.25) is 0 Å². The van der Waals surface area contributed by atoms with Gasteiger partial charge in [-0.15, -0.1) is 68.0 Å². The number of unbranched alkanes of at least 4 members (excludes halogenated alkanes) is 36. The number of thiazole rings is 2. The van der Waals surface area contributed by atoms with Gasteiger partial charge in [0.25, 0.3) is 0 Å². The van der Waals surface area contributed by atoms with Gasteiger partial charge in [-0.2, -0.15) is 0 Å². The Morgan fingerprint density at radius 3 is 0.829 bits per heavy atom. The van der Waals surface area contributed by atoms with Crippen LogP contribution in [-0.2, 0) is 25.7 Å². The monoisotopic (exact) mass is 1140 g/mol. The molecule has 0 N–H and O–H groups in total. The van der Waals surface area contributed by atoms with Crippen molar-refractivity contribution < 1.29 is 0 Å². The first kappa shape index (κ1) is 63.5. The first-order chi connectivity index (χ1) is 37.6. The molecule has 0 aliphatic carbocycles. The molecule has 0 aliphatic rings. The van der Waals surface area contributed by atoms with Crippen molar-refractivity contribution in [3.63, 3.8) is 0 Å². The Bertz CT molecular complexity index is 2160. The van der Waals surface area contributed by atoms with Crippen molar-refractivity contribution in [3.8, 4) is 39.3 Å². The van der Waals surface area contributed by atoms with E-state index in [2.05, 4.69) is 62.7 Å². The van der Waals surface area contributed by atoms with Gasteiger partial charge in [-0.3, -0.25) is 0 Å². The van der Waals surface area contributed by atoms with E-state index in [-0.39, 0.29) is 0 Å². The van der Waals surface area contributed by atoms with E-state index >= 15 is 0 Å². The minimum Gasteiger partial charge on any atom is -0.215 e. The van der Waals surface area contributed by atoms with E-state index in [1.807, 2.05) is 68.0 Å². The number of hydrogen-bond acceptors (Lipinski definition) is 8. The van der Waals surface area contributed by atoms with E-state index in [9.17, 15) is 0 Å². The highest BCUT2D eigenvalue weighted by atomic mass is 32.2. The van der Waals surface area contributed by atoms with E-state index in [0.717, 1.165) is 18.5 Å². The summed E-state index contributed by atoms with van der Waals surface area (Å²) in [5.74, 6) is 0. The summed E-state index contributed by atoms with van der Waals surface area (Å²) in [4.78, 5) is 19.7. The molecule has 6 heterocycles. The minimum absolute atomic E-state index is 0.968. The van der Waals surface area contributed by atoms with Gasteiger partial charge in [0.15, 0.2) is 5.65 Å². The summed E-state index contributed by atoms with van der Waals surface area (Å²) in [6.45, 7) is 9.27. The summed E-state index contributed by atoms with van der Waals surface area (Å²) in [5, 5.41) is 7.09. The Balaban J connectivity index is 1.14. The summed E-state index contributed by atoms with van der Waals surface area (Å²) < 4.78 is 1.29. The molecule has 6 aromatic heterocycles. The average Bonchev–Trinajstić information content (AvgIpc) is 4.32. The second kappa shape index (κ2) is 39.7. The fourth-order valence-electron chi connectivity index (χ4n) is 11.4. The predicted octanol–water partition coefficient (Wildman–Crippen LogP) is 26.5. The molecular formula is C68H106N2S6. The number of aryl methyl sites for hydroxylation is 4. The number of aromatic nitrogens is 2. The lowest BCUT2D eigenvalue weighted by Gasteiger charge is -2.04. The van der Waals surface area contributed by atoms with Crippen LogP contribution in [0.4, 0.5) is 0 Å². The standard InChI is InChI=1S/C68H106N2S6/c1-5-9-13-17-21-25-29-33-37-41-45-55-49-51-71-61(55)59-53-57(47-43-39-35-31-27-23-19-15-11-7-3)63(73-59)66-69-65-68(75-66)76-67(70-65)64-58(48-44-40-36-32-28-24-20-16-12-8-4)54-60(74-64)62-56(50-52-72-62)46-42-38-34-30-26-22-18-14-10-6-2/h49-54H,5-48H2,1-4H3. The van der Waals surface area contributed by atoms with Crippen LogP contribution in [0.5, 0.6) is 0 Å². The molecule has 0 bridgehead atoms. The number of rotatable bonds is 48. The first-order valence-electron chi connectivity index (χ1n) is 32.3. The van der Waals surface area contributed by atoms with Gasteiger partial charge in [0.2, 0.25) is 0 Å². The molecule has 2 nitrogen and oxygen atoms in total. The van der Waals surface area contributed by atoms with Crippen molar-refractivity contribution in [3.05, 3.63) is 57.3 Å². The van der Waals surface area contributed by atoms with Gasteiger partial charge < -0.3 is 0 Å². The Morgan fingerprint density at radius 1 is 0.289 bits per heavy atom. The lowest BCUT2D eigenvalue weighted by atomic mass is 10.0. The molecule has 0 saturated heterocycles. The quantitative estimate of drug-likeness (QED) is 0.0356. The van der Waals surface area contributed by atoms with Crippen molar-refractivity contribution in [2.24, 2.45) is 0 Å². The Labute approximate surface area is 490 Å². The molecule has 76 heavy (non-hydrogen) atoms. The highest BCUT2D eigenvalue weighted by Crippen LogP contribution is 2.48. The third-order valence-corrected chi connectivity index (χ3v) is 23.2. The van der Waals surface area contributed by atoms with E-state index in [4.69, 9.17) is 9.97 Å². The van der Waals surface area contributed by atoms with Crippen molar-refractivity contribution in [2.75, 3.05) is 0 Å². The summed E-state index contributed by atoms with van der Waals surface area (Å²) in [6.07, 6.45) is 60.1. The second-order valence-corrected chi connectivity index (χ2v) is 29.1. The van der Waals surface area contributed by atoms with Gasteiger partial charge in [-0.05, 0) is 109 Å². The van der Waals surface area contributed by atoms with Crippen LogP contribution in [0, 0.1) is 0 Å². The zero-order valence-corrected chi connectivity index (χ0v) is 53.8. The SMILES string of the molecule is CCCCCCCCCCCCc1ccsc1-c1cc(CCCCCCCCCCCC)c(-c2nc3nc(-c4sc(-c5sccc5CCCCCCCCCCCC)cc4CCCCCCCCCCCC)sc3s2)s1. The van der Waals surface area contributed by atoms with E-state index in [0.29, 0.717) is 0 Å². The maximum atomic E-state index is 5.45. The van der Waals surface area contributed by atoms with Crippen molar-refractivity contribution in [2.45, 2.75) is 310 Å². The van der Waals surface area contributed by atoms with Crippen LogP contribution in [0.1, 0.15) is 307 Å². The molecule has 0 radical (unpaired) electrons. The fraction of sp³-hybridized carbons (Fsp3) is 0.706. The third kappa shape index (κ3) is 23.1. The van der Waals surface area contributed by atoms with Crippen LogP contribution in [-0.4, -0.2) is 9.97 Å². The molecular weight excluding hydrogens is 1040 g/mol. The number of thiophene rings is 4. The molecule has 0 fully saturated rings. The maximum Gasteiger partial charge on any atom is 0.182 e. The van der Waals surface area contributed by atoms with Gasteiger partial charge >= 0.3 is 0 Å². The zero-order chi connectivity index (χ0) is 53.1. The molecule has 0 atom stereocenters. The number of nitrogens with zero attached hydrogens (tertiary/aromatic N) is 2. The summed E-state index contributed by atoms with van der Waals surface area (Å²) in [6, 6.07) is 10.0. The Morgan fingerprint density at radius 2 is 0.553 bits per heavy atom. The molecule has 0 aromatic carbocycles. The van der Waals surface area contributed by atoms with Gasteiger partial charge in [0, 0.05) is 19.5 Å². The van der Waals surface area contributed by atoms with Gasteiger partial charge in [-0.25, -0.2) is 9.97 Å². The molecule has 0 amide bonds. The van der Waals surface area contributed by atoms with Gasteiger partial charge in [0.05, 0.1) is 9.75 Å². The topological polar surface area (TPSA) is 25.8 Å². The van der Waals surface area contributed by atoms with Crippen LogP contribution in [0.25, 0.3) is 48.9 Å². The largest absolute Gasteiger partial charge is 0.215 e. The molecule has 6 aromatic rings. The van der Waals surface area contributed by atoms with Crippen LogP contribution >= 0.6 is 68.0 Å².